The lowest BCUT2D eigenvalue weighted by Gasteiger charge is -2.41. The van der Waals surface area contributed by atoms with Crippen molar-refractivity contribution in [1.82, 2.24) is 10.2 Å². The number of halogens is 1. The number of amides is 2. The summed E-state index contributed by atoms with van der Waals surface area (Å²) in [4.78, 5) is 14.1. The molecule has 0 aliphatic carbocycles. The lowest BCUT2D eigenvalue weighted by molar-refractivity contribution is -0.117. The molecule has 8 heteroatoms. The minimum Gasteiger partial charge on any atom is -0.369 e. The number of morpholine rings is 1. The second-order valence-corrected chi connectivity index (χ2v) is 9.12. The minimum absolute atomic E-state index is 0.0515. The molecule has 1 fully saturated rings. The summed E-state index contributed by atoms with van der Waals surface area (Å²) in [6.07, 6.45) is -0.0581. The van der Waals surface area contributed by atoms with Gasteiger partial charge in [0.1, 0.15) is 0 Å². The molecule has 0 aromatic heterocycles. The zero-order valence-electron chi connectivity index (χ0n) is 14.1. The predicted molar refractivity (Wildman–Crippen MR) is 93.1 cm³/mol. The molecule has 0 spiro atoms. The van der Waals surface area contributed by atoms with E-state index >= 15 is 0 Å². The third-order valence-electron chi connectivity index (χ3n) is 3.68. The summed E-state index contributed by atoms with van der Waals surface area (Å²) in [6.45, 7) is 6.76. The van der Waals surface area contributed by atoms with Crippen molar-refractivity contribution in [2.45, 2.75) is 37.4 Å². The van der Waals surface area contributed by atoms with Gasteiger partial charge in [-0.2, -0.15) is 0 Å². The Hall–Kier alpha value is -1.31. The summed E-state index contributed by atoms with van der Waals surface area (Å²) in [7, 11) is -3.45. The maximum Gasteiger partial charge on any atom is 0.317 e. The van der Waals surface area contributed by atoms with Crippen LogP contribution < -0.4 is 5.32 Å². The van der Waals surface area contributed by atoms with Crippen molar-refractivity contribution in [3.63, 3.8) is 0 Å². The molecule has 6 nitrogen and oxygen atoms in total. The van der Waals surface area contributed by atoms with E-state index in [1.807, 2.05) is 20.8 Å². The lowest BCUT2D eigenvalue weighted by Crippen LogP contribution is -2.56. The summed E-state index contributed by atoms with van der Waals surface area (Å²) < 4.78 is 30.2. The normalized spacial score (nSPS) is 20.7. The zero-order valence-corrected chi connectivity index (χ0v) is 15.7. The number of nitrogens with zero attached hydrogens (tertiary/aromatic N) is 1. The number of ether oxygens (including phenoxy) is 1. The number of hydrogen-bond acceptors (Lipinski definition) is 4. The molecule has 1 aliphatic heterocycles. The fourth-order valence-corrected chi connectivity index (χ4v) is 4.06. The number of carbonyl (C=O) groups excluding carboxylic acids is 1. The first-order valence-electron chi connectivity index (χ1n) is 7.78. The van der Waals surface area contributed by atoms with Crippen LogP contribution in [0.2, 0.25) is 5.02 Å². The Balaban J connectivity index is 1.89. The van der Waals surface area contributed by atoms with Crippen molar-refractivity contribution >= 4 is 27.5 Å². The molecule has 0 bridgehead atoms. The molecule has 1 aromatic carbocycles. The highest BCUT2D eigenvalue weighted by molar-refractivity contribution is 7.91. The number of benzene rings is 1. The Labute approximate surface area is 148 Å². The van der Waals surface area contributed by atoms with Crippen LogP contribution in [0, 0.1) is 0 Å². The fourth-order valence-electron chi connectivity index (χ4n) is 2.77. The van der Waals surface area contributed by atoms with Gasteiger partial charge in [-0.25, -0.2) is 13.2 Å². The van der Waals surface area contributed by atoms with Gasteiger partial charge in [0.25, 0.3) is 0 Å². The molecule has 1 saturated heterocycles. The SMILES string of the molecule is CC1CN(C(=O)NCCS(=O)(=O)c2ccc(Cl)cc2)CC(C)(C)O1. The monoisotopic (exact) mass is 374 g/mol. The van der Waals surface area contributed by atoms with Gasteiger partial charge in [0.15, 0.2) is 9.84 Å². The average molecular weight is 375 g/mol. The molecule has 134 valence electrons. The maximum atomic E-state index is 12.2. The third kappa shape index (κ3) is 5.09. The van der Waals surface area contributed by atoms with Crippen LogP contribution in [0.25, 0.3) is 0 Å². The molecule has 1 atom stereocenters. The minimum atomic E-state index is -3.45. The second kappa shape index (κ2) is 7.29. The number of nitrogens with one attached hydrogen (secondary N) is 1. The highest BCUT2D eigenvalue weighted by atomic mass is 35.5. The molecule has 2 amide bonds. The number of urea groups is 1. The second-order valence-electron chi connectivity index (χ2n) is 6.57. The van der Waals surface area contributed by atoms with Crippen molar-refractivity contribution < 1.29 is 17.9 Å². The lowest BCUT2D eigenvalue weighted by atomic mass is 10.1. The van der Waals surface area contributed by atoms with Gasteiger partial charge >= 0.3 is 6.03 Å². The maximum absolute atomic E-state index is 12.2. The van der Waals surface area contributed by atoms with Crippen LogP contribution in [0.15, 0.2) is 29.2 Å². The van der Waals surface area contributed by atoms with Crippen molar-refractivity contribution in [3.05, 3.63) is 29.3 Å². The Morgan fingerprint density at radius 3 is 2.58 bits per heavy atom. The van der Waals surface area contributed by atoms with E-state index in [2.05, 4.69) is 5.32 Å². The molecule has 1 aliphatic rings. The van der Waals surface area contributed by atoms with E-state index in [1.165, 1.54) is 24.3 Å². The predicted octanol–water partition coefficient (Wildman–Crippen LogP) is 2.32. The Morgan fingerprint density at radius 1 is 1.38 bits per heavy atom. The van der Waals surface area contributed by atoms with E-state index in [4.69, 9.17) is 16.3 Å². The zero-order chi connectivity index (χ0) is 18.0. The van der Waals surface area contributed by atoms with Crippen molar-refractivity contribution in [3.8, 4) is 0 Å². The Morgan fingerprint density at radius 2 is 2.00 bits per heavy atom. The van der Waals surface area contributed by atoms with Crippen LogP contribution in [0.3, 0.4) is 0 Å². The molecule has 0 radical (unpaired) electrons. The molecule has 2 rings (SSSR count). The van der Waals surface area contributed by atoms with Gasteiger partial charge in [-0.1, -0.05) is 11.6 Å². The largest absolute Gasteiger partial charge is 0.369 e. The van der Waals surface area contributed by atoms with E-state index in [0.717, 1.165) is 0 Å². The molecule has 1 heterocycles. The van der Waals surface area contributed by atoms with E-state index in [9.17, 15) is 13.2 Å². The van der Waals surface area contributed by atoms with Gasteiger partial charge in [0, 0.05) is 18.1 Å². The first-order valence-corrected chi connectivity index (χ1v) is 9.81. The summed E-state index contributed by atoms with van der Waals surface area (Å²) in [6, 6.07) is 5.72. The van der Waals surface area contributed by atoms with E-state index < -0.39 is 15.4 Å². The van der Waals surface area contributed by atoms with Crippen molar-refractivity contribution in [1.29, 1.82) is 0 Å². The molecule has 1 aromatic rings. The first-order chi connectivity index (χ1) is 11.1. The highest BCUT2D eigenvalue weighted by Crippen LogP contribution is 2.20. The molecule has 1 unspecified atom stereocenters. The van der Waals surface area contributed by atoms with Gasteiger partial charge in [0.05, 0.1) is 28.9 Å². The van der Waals surface area contributed by atoms with E-state index in [0.29, 0.717) is 18.1 Å². The molecular weight excluding hydrogens is 352 g/mol. The van der Waals surface area contributed by atoms with E-state index in [-0.39, 0.29) is 29.3 Å². The topological polar surface area (TPSA) is 75.7 Å². The quantitative estimate of drug-likeness (QED) is 0.877. The molecule has 24 heavy (non-hydrogen) atoms. The van der Waals surface area contributed by atoms with Crippen LogP contribution in [-0.4, -0.2) is 56.4 Å². The van der Waals surface area contributed by atoms with Gasteiger partial charge < -0.3 is 15.0 Å². The highest BCUT2D eigenvalue weighted by Gasteiger charge is 2.33. The van der Waals surface area contributed by atoms with Gasteiger partial charge in [0.2, 0.25) is 0 Å². The average Bonchev–Trinajstić information content (AvgIpc) is 2.45. The summed E-state index contributed by atoms with van der Waals surface area (Å²) in [5, 5.41) is 3.15. The Bertz CT molecular complexity index is 689. The molecule has 0 saturated carbocycles. The number of carbonyl (C=O) groups is 1. The fraction of sp³-hybridized carbons (Fsp3) is 0.562. The van der Waals surface area contributed by atoms with Crippen LogP contribution >= 0.6 is 11.6 Å². The summed E-state index contributed by atoms with van der Waals surface area (Å²) in [5.74, 6) is -0.163. The van der Waals surface area contributed by atoms with Crippen LogP contribution in [0.1, 0.15) is 20.8 Å². The van der Waals surface area contributed by atoms with Gasteiger partial charge in [-0.15, -0.1) is 0 Å². The van der Waals surface area contributed by atoms with Crippen LogP contribution in [-0.2, 0) is 14.6 Å². The van der Waals surface area contributed by atoms with Gasteiger partial charge in [-0.3, -0.25) is 0 Å². The standard InChI is InChI=1S/C16H23ClN2O4S/c1-12-10-19(11-16(2,3)23-12)15(20)18-8-9-24(21,22)14-6-4-13(17)5-7-14/h4-7,12H,8-11H2,1-3H3,(H,18,20). The van der Waals surface area contributed by atoms with Gasteiger partial charge in [-0.05, 0) is 45.0 Å². The molecular formula is C16H23ClN2O4S. The van der Waals surface area contributed by atoms with Crippen molar-refractivity contribution in [2.24, 2.45) is 0 Å². The third-order valence-corrected chi connectivity index (χ3v) is 5.66. The first kappa shape index (κ1) is 19.0. The smallest absolute Gasteiger partial charge is 0.317 e. The number of sulfone groups is 1. The number of rotatable bonds is 4. The summed E-state index contributed by atoms with van der Waals surface area (Å²) in [5.41, 5.74) is -0.412. The van der Waals surface area contributed by atoms with Crippen molar-refractivity contribution in [2.75, 3.05) is 25.4 Å². The number of hydrogen-bond donors (Lipinski definition) is 1. The van der Waals surface area contributed by atoms with Crippen LogP contribution in [0.4, 0.5) is 4.79 Å². The molecule has 1 N–H and O–H groups in total. The van der Waals surface area contributed by atoms with Crippen LogP contribution in [0.5, 0.6) is 0 Å². The van der Waals surface area contributed by atoms with E-state index in [1.54, 1.807) is 4.90 Å². The summed E-state index contributed by atoms with van der Waals surface area (Å²) >= 11 is 5.76. The Kier molecular flexibility index (Phi) is 5.78.